The topological polar surface area (TPSA) is 71.3 Å². The van der Waals surface area contributed by atoms with Gasteiger partial charge in [-0.3, -0.25) is 15.0 Å². The van der Waals surface area contributed by atoms with E-state index >= 15 is 0 Å². The van der Waals surface area contributed by atoms with Crippen molar-refractivity contribution in [3.8, 4) is 0 Å². The molecule has 1 N–H and O–H groups in total. The molecule has 6 nitrogen and oxygen atoms in total. The first kappa shape index (κ1) is 13.3. The molecule has 1 aromatic rings. The minimum atomic E-state index is -0.335. The molecule has 0 aliphatic carbocycles. The lowest BCUT2D eigenvalue weighted by atomic mass is 9.99. The summed E-state index contributed by atoms with van der Waals surface area (Å²) in [7, 11) is 0. The number of hydrogen-bond donors (Lipinski definition) is 1. The molecule has 0 saturated carbocycles. The van der Waals surface area contributed by atoms with Gasteiger partial charge in [-0.15, -0.1) is 0 Å². The van der Waals surface area contributed by atoms with Gasteiger partial charge < -0.3 is 5.32 Å². The van der Waals surface area contributed by atoms with Gasteiger partial charge in [-0.05, 0) is 38.8 Å². The Kier molecular flexibility index (Phi) is 3.56. The average molecular weight is 276 g/mol. The monoisotopic (exact) mass is 276 g/mol. The van der Waals surface area contributed by atoms with Crippen LogP contribution in [0.1, 0.15) is 31.2 Å². The maximum Gasteiger partial charge on any atom is 0.314 e. The quantitative estimate of drug-likeness (QED) is 0.677. The summed E-state index contributed by atoms with van der Waals surface area (Å²) < 4.78 is 0. The van der Waals surface area contributed by atoms with Gasteiger partial charge in [-0.2, -0.15) is 0 Å². The van der Waals surface area contributed by atoms with Crippen molar-refractivity contribution in [2.24, 2.45) is 0 Å². The zero-order valence-corrected chi connectivity index (χ0v) is 11.7. The molecule has 2 saturated heterocycles. The average Bonchev–Trinajstić information content (AvgIpc) is 2.82. The number of piperidine rings is 1. The molecule has 0 amide bonds. The third-order valence-corrected chi connectivity index (χ3v) is 4.49. The molecule has 2 aliphatic heterocycles. The van der Waals surface area contributed by atoms with Gasteiger partial charge in [-0.1, -0.05) is 6.42 Å². The van der Waals surface area contributed by atoms with E-state index < -0.39 is 0 Å². The van der Waals surface area contributed by atoms with Crippen LogP contribution in [0.3, 0.4) is 0 Å². The number of hydrogen-bond acceptors (Lipinski definition) is 5. The van der Waals surface area contributed by atoms with Crippen LogP contribution in [0, 0.1) is 17.0 Å². The minimum Gasteiger partial charge on any atom is -0.360 e. The van der Waals surface area contributed by atoms with Crippen molar-refractivity contribution < 1.29 is 4.92 Å². The fourth-order valence-electron chi connectivity index (χ4n) is 3.48. The Balaban J connectivity index is 1.81. The molecule has 0 radical (unpaired) electrons. The molecule has 6 heteroatoms. The second-order valence-electron chi connectivity index (χ2n) is 5.72. The molecule has 0 aromatic carbocycles. The highest BCUT2D eigenvalue weighted by atomic mass is 16.6. The molecule has 2 atom stereocenters. The van der Waals surface area contributed by atoms with Crippen molar-refractivity contribution in [2.45, 2.75) is 44.7 Å². The first-order chi connectivity index (χ1) is 9.66. The maximum absolute atomic E-state index is 11.2. The van der Waals surface area contributed by atoms with E-state index in [9.17, 15) is 10.1 Å². The largest absolute Gasteiger partial charge is 0.360 e. The normalized spacial score (nSPS) is 26.2. The van der Waals surface area contributed by atoms with E-state index in [0.29, 0.717) is 17.4 Å². The van der Waals surface area contributed by atoms with Crippen LogP contribution in [0.2, 0.25) is 0 Å². The van der Waals surface area contributed by atoms with Crippen LogP contribution in [0.4, 0.5) is 11.5 Å². The van der Waals surface area contributed by atoms with Crippen LogP contribution in [0.25, 0.3) is 0 Å². The lowest BCUT2D eigenvalue weighted by Gasteiger charge is -2.32. The molecule has 3 rings (SSSR count). The predicted octanol–water partition coefficient (Wildman–Crippen LogP) is 2.34. The first-order valence-electron chi connectivity index (χ1n) is 7.27. The molecular formula is C14H20N4O2. The van der Waals surface area contributed by atoms with Crippen molar-refractivity contribution in [3.63, 3.8) is 0 Å². The third kappa shape index (κ3) is 2.35. The Bertz CT molecular complexity index is 520. The molecule has 0 spiro atoms. The van der Waals surface area contributed by atoms with E-state index in [2.05, 4.69) is 15.2 Å². The van der Waals surface area contributed by atoms with Gasteiger partial charge in [0, 0.05) is 30.4 Å². The molecule has 2 aliphatic rings. The Labute approximate surface area is 118 Å². The van der Waals surface area contributed by atoms with E-state index in [1.165, 1.54) is 19.3 Å². The molecule has 3 heterocycles. The minimum absolute atomic E-state index is 0.113. The molecule has 1 aromatic heterocycles. The summed E-state index contributed by atoms with van der Waals surface area (Å²) in [4.78, 5) is 17.6. The summed E-state index contributed by atoms with van der Waals surface area (Å²) in [5.41, 5.74) is 0.771. The Morgan fingerprint density at radius 1 is 1.40 bits per heavy atom. The standard InChI is InChI=1S/C14H20N4O2/c1-10-5-7-15-14(13(10)18(19)20)16-11-6-9-17-8-3-2-4-12(11)17/h5,7,11-12H,2-4,6,8-9H2,1H3,(H,15,16). The summed E-state index contributed by atoms with van der Waals surface area (Å²) >= 11 is 0. The highest BCUT2D eigenvalue weighted by molar-refractivity contribution is 5.60. The van der Waals surface area contributed by atoms with Gasteiger partial charge in [0.1, 0.15) is 0 Å². The Hall–Kier alpha value is -1.69. The molecule has 2 fully saturated rings. The van der Waals surface area contributed by atoms with Crippen LogP contribution in [0.5, 0.6) is 0 Å². The SMILES string of the molecule is Cc1ccnc(NC2CCN3CCCCC23)c1[N+](=O)[O-]. The number of nitrogens with one attached hydrogen (secondary N) is 1. The maximum atomic E-state index is 11.2. The zero-order valence-electron chi connectivity index (χ0n) is 11.7. The van der Waals surface area contributed by atoms with E-state index in [1.54, 1.807) is 19.2 Å². The second kappa shape index (κ2) is 5.36. The number of aryl methyl sites for hydroxylation is 1. The summed E-state index contributed by atoms with van der Waals surface area (Å²) in [6, 6.07) is 2.47. The van der Waals surface area contributed by atoms with Crippen LogP contribution in [0.15, 0.2) is 12.3 Å². The summed E-state index contributed by atoms with van der Waals surface area (Å²) in [6.45, 7) is 4.00. The van der Waals surface area contributed by atoms with Crippen LogP contribution in [-0.4, -0.2) is 40.0 Å². The summed E-state index contributed by atoms with van der Waals surface area (Å²) in [6.07, 6.45) is 6.38. The molecule has 0 bridgehead atoms. The number of pyridine rings is 1. The van der Waals surface area contributed by atoms with E-state index in [0.717, 1.165) is 19.5 Å². The van der Waals surface area contributed by atoms with E-state index in [-0.39, 0.29) is 16.7 Å². The number of fused-ring (bicyclic) bond motifs is 1. The smallest absolute Gasteiger partial charge is 0.314 e. The third-order valence-electron chi connectivity index (χ3n) is 4.49. The van der Waals surface area contributed by atoms with E-state index in [1.807, 2.05) is 0 Å². The Morgan fingerprint density at radius 2 is 2.25 bits per heavy atom. The number of rotatable bonds is 3. The molecule has 108 valence electrons. The number of nitrogens with zero attached hydrogens (tertiary/aromatic N) is 3. The first-order valence-corrected chi connectivity index (χ1v) is 7.27. The van der Waals surface area contributed by atoms with Crippen LogP contribution < -0.4 is 5.32 Å². The van der Waals surface area contributed by atoms with Gasteiger partial charge >= 0.3 is 5.69 Å². The number of nitro groups is 1. The van der Waals surface area contributed by atoms with Crippen LogP contribution in [-0.2, 0) is 0 Å². The molecular weight excluding hydrogens is 256 g/mol. The second-order valence-corrected chi connectivity index (χ2v) is 5.72. The van der Waals surface area contributed by atoms with Gasteiger partial charge in [0.2, 0.25) is 5.82 Å². The lowest BCUT2D eigenvalue weighted by molar-refractivity contribution is -0.384. The number of aromatic nitrogens is 1. The van der Waals surface area contributed by atoms with Crippen molar-refractivity contribution >= 4 is 11.5 Å². The van der Waals surface area contributed by atoms with E-state index in [4.69, 9.17) is 0 Å². The summed E-state index contributed by atoms with van der Waals surface area (Å²) in [5.74, 6) is 0.424. The summed E-state index contributed by atoms with van der Waals surface area (Å²) in [5, 5.41) is 14.6. The number of anilines is 1. The highest BCUT2D eigenvalue weighted by Crippen LogP contribution is 2.32. The van der Waals surface area contributed by atoms with Gasteiger partial charge in [0.25, 0.3) is 0 Å². The van der Waals surface area contributed by atoms with Gasteiger partial charge in [-0.25, -0.2) is 4.98 Å². The molecule has 2 unspecified atom stereocenters. The lowest BCUT2D eigenvalue weighted by Crippen LogP contribution is -2.41. The highest BCUT2D eigenvalue weighted by Gasteiger charge is 2.36. The predicted molar refractivity (Wildman–Crippen MR) is 76.9 cm³/mol. The van der Waals surface area contributed by atoms with Crippen molar-refractivity contribution in [3.05, 3.63) is 27.9 Å². The Morgan fingerprint density at radius 3 is 3.05 bits per heavy atom. The van der Waals surface area contributed by atoms with Crippen molar-refractivity contribution in [2.75, 3.05) is 18.4 Å². The fourth-order valence-corrected chi connectivity index (χ4v) is 3.48. The van der Waals surface area contributed by atoms with Crippen molar-refractivity contribution in [1.82, 2.24) is 9.88 Å². The fraction of sp³-hybridized carbons (Fsp3) is 0.643. The van der Waals surface area contributed by atoms with Crippen molar-refractivity contribution in [1.29, 1.82) is 0 Å². The molecule has 20 heavy (non-hydrogen) atoms. The van der Waals surface area contributed by atoms with Gasteiger partial charge in [0.15, 0.2) is 0 Å². The van der Waals surface area contributed by atoms with Crippen LogP contribution >= 0.6 is 0 Å². The van der Waals surface area contributed by atoms with Gasteiger partial charge in [0.05, 0.1) is 4.92 Å². The zero-order chi connectivity index (χ0) is 14.1.